The molecular weight excluding hydrogens is 200 g/mol. The zero-order valence-electron chi connectivity index (χ0n) is 10.6. The van der Waals surface area contributed by atoms with E-state index in [1.165, 1.54) is 51.9 Å². The summed E-state index contributed by atoms with van der Waals surface area (Å²) in [4.78, 5) is 4.91. The molecule has 1 unspecified atom stereocenters. The molecule has 2 fully saturated rings. The van der Waals surface area contributed by atoms with Crippen molar-refractivity contribution in [3.8, 4) is 0 Å². The minimum atomic E-state index is -0.0860. The molecule has 1 N–H and O–H groups in total. The van der Waals surface area contributed by atoms with E-state index in [9.17, 15) is 5.11 Å². The molecule has 0 aromatic carbocycles. The van der Waals surface area contributed by atoms with Gasteiger partial charge in [-0.15, -0.1) is 0 Å². The van der Waals surface area contributed by atoms with Crippen LogP contribution in [0.1, 0.15) is 32.6 Å². The summed E-state index contributed by atoms with van der Waals surface area (Å²) in [5.74, 6) is 0.545. The van der Waals surface area contributed by atoms with Crippen molar-refractivity contribution in [1.29, 1.82) is 0 Å². The van der Waals surface area contributed by atoms with Gasteiger partial charge >= 0.3 is 0 Å². The fraction of sp³-hybridized carbons (Fsp3) is 1.00. The first-order valence-corrected chi connectivity index (χ1v) is 6.92. The second-order valence-corrected chi connectivity index (χ2v) is 5.35. The molecule has 2 saturated heterocycles. The molecule has 2 aliphatic rings. The van der Waals surface area contributed by atoms with E-state index in [4.69, 9.17) is 0 Å². The highest BCUT2D eigenvalue weighted by atomic mass is 16.3. The molecule has 2 heterocycles. The summed E-state index contributed by atoms with van der Waals surface area (Å²) in [6.07, 6.45) is 4.92. The van der Waals surface area contributed by atoms with Gasteiger partial charge in [0.25, 0.3) is 0 Å². The van der Waals surface area contributed by atoms with Crippen LogP contribution in [0.4, 0.5) is 0 Å². The molecule has 1 atom stereocenters. The molecule has 2 rings (SSSR count). The van der Waals surface area contributed by atoms with Crippen molar-refractivity contribution < 1.29 is 5.11 Å². The Balaban J connectivity index is 1.70. The zero-order chi connectivity index (χ0) is 11.4. The van der Waals surface area contributed by atoms with E-state index in [-0.39, 0.29) is 6.10 Å². The number of aliphatic hydroxyl groups excluding tert-OH is 1. The summed E-state index contributed by atoms with van der Waals surface area (Å²) in [6, 6.07) is 0. The molecular formula is C13H26N2O. The van der Waals surface area contributed by atoms with Gasteiger partial charge < -0.3 is 14.9 Å². The van der Waals surface area contributed by atoms with Gasteiger partial charge in [0.05, 0.1) is 6.10 Å². The van der Waals surface area contributed by atoms with Gasteiger partial charge in [0.2, 0.25) is 0 Å². The van der Waals surface area contributed by atoms with Crippen LogP contribution in [0.15, 0.2) is 0 Å². The van der Waals surface area contributed by atoms with E-state index in [0.717, 1.165) is 13.1 Å². The van der Waals surface area contributed by atoms with Gasteiger partial charge in [-0.1, -0.05) is 6.92 Å². The highest BCUT2D eigenvalue weighted by molar-refractivity contribution is 4.80. The quantitative estimate of drug-likeness (QED) is 0.779. The van der Waals surface area contributed by atoms with Gasteiger partial charge in [-0.25, -0.2) is 0 Å². The molecule has 0 bridgehead atoms. The van der Waals surface area contributed by atoms with Gasteiger partial charge in [-0.3, -0.25) is 0 Å². The van der Waals surface area contributed by atoms with E-state index >= 15 is 0 Å². The molecule has 0 aromatic heterocycles. The maximum atomic E-state index is 10.2. The molecule has 0 aliphatic carbocycles. The Kier molecular flexibility index (Phi) is 4.62. The zero-order valence-corrected chi connectivity index (χ0v) is 10.6. The summed E-state index contributed by atoms with van der Waals surface area (Å²) in [5.41, 5.74) is 0. The first kappa shape index (κ1) is 12.3. The van der Waals surface area contributed by atoms with Gasteiger partial charge in [0.15, 0.2) is 0 Å². The maximum absolute atomic E-state index is 10.2. The lowest BCUT2D eigenvalue weighted by Crippen LogP contribution is -2.41. The molecule has 3 heteroatoms. The van der Waals surface area contributed by atoms with E-state index in [1.54, 1.807) is 0 Å². The third-order valence-corrected chi connectivity index (χ3v) is 4.27. The Morgan fingerprint density at radius 1 is 1.06 bits per heavy atom. The Bertz CT molecular complexity index is 196. The first-order chi connectivity index (χ1) is 7.79. The van der Waals surface area contributed by atoms with Gasteiger partial charge in [-0.05, 0) is 64.3 Å². The van der Waals surface area contributed by atoms with Crippen LogP contribution in [-0.2, 0) is 0 Å². The number of aliphatic hydroxyl groups is 1. The van der Waals surface area contributed by atoms with Crippen LogP contribution < -0.4 is 0 Å². The molecule has 0 aromatic rings. The number of piperidine rings is 1. The van der Waals surface area contributed by atoms with Crippen LogP contribution in [0.2, 0.25) is 0 Å². The third kappa shape index (κ3) is 3.19. The van der Waals surface area contributed by atoms with Crippen LogP contribution in [-0.4, -0.2) is 60.3 Å². The average Bonchev–Trinajstić information content (AvgIpc) is 2.82. The van der Waals surface area contributed by atoms with E-state index in [1.807, 2.05) is 0 Å². The summed E-state index contributed by atoms with van der Waals surface area (Å²) >= 11 is 0. The topological polar surface area (TPSA) is 26.7 Å². The van der Waals surface area contributed by atoms with Crippen molar-refractivity contribution >= 4 is 0 Å². The predicted molar refractivity (Wildman–Crippen MR) is 66.5 cm³/mol. The van der Waals surface area contributed by atoms with Crippen molar-refractivity contribution in [3.05, 3.63) is 0 Å². The average molecular weight is 226 g/mol. The Hall–Kier alpha value is -0.120. The molecule has 0 amide bonds. The normalized spacial score (nSPS) is 27.4. The Morgan fingerprint density at radius 3 is 2.25 bits per heavy atom. The monoisotopic (exact) mass is 226 g/mol. The number of nitrogens with zero attached hydrogens (tertiary/aromatic N) is 2. The van der Waals surface area contributed by atoms with Crippen LogP contribution in [0, 0.1) is 5.92 Å². The van der Waals surface area contributed by atoms with Crippen LogP contribution in [0.5, 0.6) is 0 Å². The summed E-state index contributed by atoms with van der Waals surface area (Å²) in [5, 5.41) is 10.2. The number of hydrogen-bond acceptors (Lipinski definition) is 3. The molecule has 16 heavy (non-hydrogen) atoms. The van der Waals surface area contributed by atoms with Crippen molar-refractivity contribution in [2.45, 2.75) is 38.7 Å². The third-order valence-electron chi connectivity index (χ3n) is 4.27. The SMILES string of the molecule is CCN1CCC(C(O)CN2CCCC2)CC1. The van der Waals surface area contributed by atoms with Gasteiger partial charge in [0.1, 0.15) is 0 Å². The number of hydrogen-bond donors (Lipinski definition) is 1. The van der Waals surface area contributed by atoms with Crippen LogP contribution >= 0.6 is 0 Å². The molecule has 3 nitrogen and oxygen atoms in total. The predicted octanol–water partition coefficient (Wildman–Crippen LogP) is 1.17. The van der Waals surface area contributed by atoms with E-state index in [2.05, 4.69) is 16.7 Å². The molecule has 0 saturated carbocycles. The lowest BCUT2D eigenvalue weighted by atomic mass is 9.91. The molecule has 94 valence electrons. The number of rotatable bonds is 4. The van der Waals surface area contributed by atoms with Crippen LogP contribution in [0.25, 0.3) is 0 Å². The Morgan fingerprint density at radius 2 is 1.69 bits per heavy atom. The number of likely N-dealkylation sites (tertiary alicyclic amines) is 2. The molecule has 0 radical (unpaired) electrons. The molecule has 2 aliphatic heterocycles. The lowest BCUT2D eigenvalue weighted by molar-refractivity contribution is 0.0377. The van der Waals surface area contributed by atoms with Crippen LogP contribution in [0.3, 0.4) is 0 Å². The van der Waals surface area contributed by atoms with Gasteiger partial charge in [0, 0.05) is 6.54 Å². The second kappa shape index (κ2) is 5.99. The van der Waals surface area contributed by atoms with Gasteiger partial charge in [-0.2, -0.15) is 0 Å². The summed E-state index contributed by atoms with van der Waals surface area (Å²) in [6.45, 7) is 9.05. The fourth-order valence-electron chi connectivity index (χ4n) is 3.03. The smallest absolute Gasteiger partial charge is 0.0696 e. The lowest BCUT2D eigenvalue weighted by Gasteiger charge is -2.34. The highest BCUT2D eigenvalue weighted by Crippen LogP contribution is 2.22. The van der Waals surface area contributed by atoms with Crippen molar-refractivity contribution in [3.63, 3.8) is 0 Å². The number of β-amino-alcohol motifs (C(OH)–C–C–N with tert-alkyl or cyclic N) is 1. The standard InChI is InChI=1S/C13H26N2O/c1-2-14-9-5-12(6-10-14)13(16)11-15-7-3-4-8-15/h12-13,16H,2-11H2,1H3. The van der Waals surface area contributed by atoms with E-state index < -0.39 is 0 Å². The van der Waals surface area contributed by atoms with Crippen molar-refractivity contribution in [1.82, 2.24) is 9.80 Å². The minimum absolute atomic E-state index is 0.0860. The Labute approximate surface area is 99.4 Å². The minimum Gasteiger partial charge on any atom is -0.392 e. The highest BCUT2D eigenvalue weighted by Gasteiger charge is 2.26. The fourth-order valence-corrected chi connectivity index (χ4v) is 3.03. The first-order valence-electron chi connectivity index (χ1n) is 6.92. The summed E-state index contributed by atoms with van der Waals surface area (Å²) in [7, 11) is 0. The van der Waals surface area contributed by atoms with E-state index in [0.29, 0.717) is 5.92 Å². The maximum Gasteiger partial charge on any atom is 0.0696 e. The summed E-state index contributed by atoms with van der Waals surface area (Å²) < 4.78 is 0. The van der Waals surface area contributed by atoms with Crippen molar-refractivity contribution in [2.24, 2.45) is 5.92 Å². The molecule has 0 spiro atoms. The largest absolute Gasteiger partial charge is 0.392 e. The second-order valence-electron chi connectivity index (χ2n) is 5.35. The van der Waals surface area contributed by atoms with Crippen molar-refractivity contribution in [2.75, 3.05) is 39.3 Å².